The predicted octanol–water partition coefficient (Wildman–Crippen LogP) is 4.35. The number of pyridine rings is 1. The summed E-state index contributed by atoms with van der Waals surface area (Å²) in [5.74, 6) is 1.19. The number of sulfonamides is 1. The molecule has 0 radical (unpaired) electrons. The van der Waals surface area contributed by atoms with E-state index in [-0.39, 0.29) is 34.2 Å². The number of carbonyl (C=O) groups excluding carboxylic acids is 1. The van der Waals surface area contributed by atoms with Gasteiger partial charge in [0.2, 0.25) is 10.0 Å². The van der Waals surface area contributed by atoms with Gasteiger partial charge in [-0.1, -0.05) is 0 Å². The van der Waals surface area contributed by atoms with Crippen LogP contribution in [0.2, 0.25) is 0 Å². The molecule has 10 nitrogen and oxygen atoms in total. The third-order valence-electron chi connectivity index (χ3n) is 9.62. The molecule has 3 atom stereocenters. The number of nitrogens with zero attached hydrogens (tertiary/aromatic N) is 6. The van der Waals surface area contributed by atoms with Gasteiger partial charge in [0.25, 0.3) is 5.91 Å². The van der Waals surface area contributed by atoms with Crippen molar-refractivity contribution in [1.29, 1.82) is 0 Å². The number of aromatic nitrogens is 4. The minimum absolute atomic E-state index is 0.0129. The molecule has 4 fully saturated rings. The molecule has 1 aliphatic heterocycles. The summed E-state index contributed by atoms with van der Waals surface area (Å²) in [5, 5.41) is 0.716. The van der Waals surface area contributed by atoms with Crippen molar-refractivity contribution in [3.8, 4) is 11.5 Å². The summed E-state index contributed by atoms with van der Waals surface area (Å²) in [5.41, 5.74) is 9.86. The number of hydrogen-bond donors (Lipinski definition) is 1. The monoisotopic (exact) mass is 609 g/mol. The zero-order chi connectivity index (χ0) is 29.8. The minimum Gasteiger partial charge on any atom is -0.334 e. The van der Waals surface area contributed by atoms with E-state index in [2.05, 4.69) is 9.55 Å². The molecule has 4 heterocycles. The average Bonchev–Trinajstić information content (AvgIpc) is 3.86. The standard InChI is InChI=1S/C30H33F2N7O3S/c1-43(41,42)39(30(31)32)25-11-6-17-13-24(36(27(17)35-25)14-16-2-3-16)28-34-21-12-18(4-9-22(21)38(28)20-7-8-20)29(40)37-15-19-5-10-23(37)26(19)33/h4,6,9,11-13,16,19-20,23,26,30H,2-3,5,7-8,10,14-15,33H2,1H3/t19-,23-,26-/m1/s1. The Morgan fingerprint density at radius 1 is 1.07 bits per heavy atom. The molecule has 4 aliphatic rings. The van der Waals surface area contributed by atoms with Crippen LogP contribution in [0.1, 0.15) is 54.9 Å². The molecule has 13 heteroatoms. The first-order chi connectivity index (χ1) is 20.6. The number of fused-ring (bicyclic) bond motifs is 4. The van der Waals surface area contributed by atoms with Crippen molar-refractivity contribution in [3.05, 3.63) is 42.0 Å². The predicted molar refractivity (Wildman–Crippen MR) is 158 cm³/mol. The Kier molecular flexibility index (Phi) is 5.94. The fraction of sp³-hybridized carbons (Fsp3) is 0.500. The first kappa shape index (κ1) is 27.0. The highest BCUT2D eigenvalue weighted by Gasteiger charge is 2.47. The quantitative estimate of drug-likeness (QED) is 0.297. The Bertz CT molecular complexity index is 1900. The molecule has 1 amide bonds. The summed E-state index contributed by atoms with van der Waals surface area (Å²) >= 11 is 0. The first-order valence-corrected chi connectivity index (χ1v) is 16.8. The van der Waals surface area contributed by atoms with Gasteiger partial charge in [-0.05, 0) is 86.8 Å². The summed E-state index contributed by atoms with van der Waals surface area (Å²) in [4.78, 5) is 25.0. The lowest BCUT2D eigenvalue weighted by molar-refractivity contribution is 0.0700. The number of hydrogen-bond acceptors (Lipinski definition) is 6. The maximum atomic E-state index is 13.8. The van der Waals surface area contributed by atoms with Gasteiger partial charge in [-0.3, -0.25) is 4.79 Å². The molecule has 2 N–H and O–H groups in total. The molecular formula is C30H33F2N7O3S. The number of nitrogens with two attached hydrogens (primary N) is 1. The fourth-order valence-electron chi connectivity index (χ4n) is 7.15. The number of rotatable bonds is 8. The van der Waals surface area contributed by atoms with Crippen molar-refractivity contribution in [2.75, 3.05) is 17.1 Å². The number of piperidine rings is 1. The third-order valence-corrected chi connectivity index (χ3v) is 10.7. The Hall–Kier alpha value is -3.58. The zero-order valence-corrected chi connectivity index (χ0v) is 24.6. The van der Waals surface area contributed by atoms with E-state index < -0.39 is 16.6 Å². The van der Waals surface area contributed by atoms with Crippen molar-refractivity contribution in [3.63, 3.8) is 0 Å². The second-order valence-electron chi connectivity index (χ2n) is 12.7. The van der Waals surface area contributed by atoms with Crippen LogP contribution in [0.25, 0.3) is 33.6 Å². The van der Waals surface area contributed by atoms with E-state index in [9.17, 15) is 22.0 Å². The lowest BCUT2D eigenvalue weighted by Crippen LogP contribution is -2.41. The SMILES string of the molecule is CS(=O)(=O)N(c1ccc2cc(-c3nc4cc(C(=O)N5C[C@H]6CC[C@@H]5[C@@H]6N)ccc4n3C3CC3)n(CC3CC3)c2n1)C(F)F. The van der Waals surface area contributed by atoms with Crippen LogP contribution in [0.15, 0.2) is 36.4 Å². The summed E-state index contributed by atoms with van der Waals surface area (Å²) in [7, 11) is -4.25. The molecular weight excluding hydrogens is 576 g/mol. The van der Waals surface area contributed by atoms with Crippen molar-refractivity contribution >= 4 is 43.8 Å². The lowest BCUT2D eigenvalue weighted by atomic mass is 10.1. The van der Waals surface area contributed by atoms with Crippen LogP contribution < -0.4 is 10.0 Å². The van der Waals surface area contributed by atoms with E-state index in [1.807, 2.05) is 33.7 Å². The number of anilines is 1. The van der Waals surface area contributed by atoms with E-state index in [1.165, 1.54) is 6.07 Å². The normalized spacial score (nSPS) is 23.7. The highest BCUT2D eigenvalue weighted by Crippen LogP contribution is 2.44. The van der Waals surface area contributed by atoms with Crippen molar-refractivity contribution < 1.29 is 22.0 Å². The maximum Gasteiger partial charge on any atom is 0.329 e. The second kappa shape index (κ2) is 9.46. The summed E-state index contributed by atoms with van der Waals surface area (Å²) in [6.45, 7) is -1.94. The van der Waals surface area contributed by atoms with Crippen molar-refractivity contribution in [2.45, 2.75) is 69.7 Å². The maximum absolute atomic E-state index is 13.8. The van der Waals surface area contributed by atoms with Gasteiger partial charge in [-0.25, -0.2) is 18.4 Å². The van der Waals surface area contributed by atoms with Crippen LogP contribution in [-0.4, -0.2) is 69.8 Å². The third kappa shape index (κ3) is 4.42. The molecule has 226 valence electrons. The van der Waals surface area contributed by atoms with Gasteiger partial charge < -0.3 is 19.8 Å². The number of carbonyl (C=O) groups is 1. The van der Waals surface area contributed by atoms with Crippen molar-refractivity contribution in [1.82, 2.24) is 24.0 Å². The second-order valence-corrected chi connectivity index (χ2v) is 14.5. The van der Waals surface area contributed by atoms with Gasteiger partial charge in [0, 0.05) is 42.2 Å². The number of halogens is 2. The van der Waals surface area contributed by atoms with Crippen LogP contribution in [0.5, 0.6) is 0 Å². The number of benzene rings is 1. The van der Waals surface area contributed by atoms with Crippen LogP contribution in [0, 0.1) is 11.8 Å². The van der Waals surface area contributed by atoms with Gasteiger partial charge in [0.05, 0.1) is 23.0 Å². The highest BCUT2D eigenvalue weighted by atomic mass is 32.2. The molecule has 43 heavy (non-hydrogen) atoms. The Morgan fingerprint density at radius 3 is 2.49 bits per heavy atom. The molecule has 0 spiro atoms. The van der Waals surface area contributed by atoms with Gasteiger partial charge in [-0.2, -0.15) is 13.1 Å². The Morgan fingerprint density at radius 2 is 1.86 bits per heavy atom. The molecule has 1 aromatic carbocycles. The largest absolute Gasteiger partial charge is 0.334 e. The summed E-state index contributed by atoms with van der Waals surface area (Å²) < 4.78 is 56.4. The van der Waals surface area contributed by atoms with Crippen LogP contribution >= 0.6 is 0 Å². The average molecular weight is 610 g/mol. The van der Waals surface area contributed by atoms with Gasteiger partial charge >= 0.3 is 6.55 Å². The first-order valence-electron chi connectivity index (χ1n) is 14.9. The van der Waals surface area contributed by atoms with Gasteiger partial charge in [0.15, 0.2) is 5.82 Å². The number of likely N-dealkylation sites (tertiary alicyclic amines) is 1. The van der Waals surface area contributed by atoms with E-state index in [0.717, 1.165) is 67.3 Å². The van der Waals surface area contributed by atoms with E-state index in [4.69, 9.17) is 10.7 Å². The highest BCUT2D eigenvalue weighted by molar-refractivity contribution is 7.92. The van der Waals surface area contributed by atoms with Crippen LogP contribution in [0.4, 0.5) is 14.6 Å². The fourth-order valence-corrected chi connectivity index (χ4v) is 7.88. The van der Waals surface area contributed by atoms with E-state index >= 15 is 0 Å². The van der Waals surface area contributed by atoms with Gasteiger partial charge in [-0.15, -0.1) is 0 Å². The summed E-state index contributed by atoms with van der Waals surface area (Å²) in [6, 6.07) is 11.0. The Balaban J connectivity index is 1.24. The topological polar surface area (TPSA) is 119 Å². The lowest BCUT2D eigenvalue weighted by Gasteiger charge is -2.27. The van der Waals surface area contributed by atoms with E-state index in [0.29, 0.717) is 41.5 Å². The molecule has 4 aromatic rings. The van der Waals surface area contributed by atoms with Crippen LogP contribution in [-0.2, 0) is 16.6 Å². The molecule has 3 aromatic heterocycles. The number of alkyl halides is 2. The molecule has 3 aliphatic carbocycles. The smallest absolute Gasteiger partial charge is 0.329 e. The summed E-state index contributed by atoms with van der Waals surface area (Å²) in [6.07, 6.45) is 6.90. The number of imidazole rings is 1. The molecule has 0 unspecified atom stereocenters. The van der Waals surface area contributed by atoms with E-state index in [1.54, 1.807) is 6.07 Å². The van der Waals surface area contributed by atoms with Gasteiger partial charge in [0.1, 0.15) is 11.5 Å². The zero-order valence-electron chi connectivity index (χ0n) is 23.7. The Labute approximate surface area is 247 Å². The molecule has 3 saturated carbocycles. The number of amides is 1. The molecule has 2 bridgehead atoms. The minimum atomic E-state index is -4.25. The van der Waals surface area contributed by atoms with Crippen molar-refractivity contribution in [2.24, 2.45) is 17.6 Å². The molecule has 1 saturated heterocycles. The molecule has 8 rings (SSSR count). The van der Waals surface area contributed by atoms with Crippen LogP contribution in [0.3, 0.4) is 0 Å².